The maximum Gasteiger partial charge on any atom is 0.00790 e. The third-order valence-electron chi connectivity index (χ3n) is 11.2. The van der Waals surface area contributed by atoms with E-state index in [9.17, 15) is 0 Å². The van der Waals surface area contributed by atoms with Gasteiger partial charge in [-0.25, -0.2) is 0 Å². The standard InChI is InChI=1S/C44H56/c1-25-17-26(2)30-20-32-28(18-27(3)31(32)19-29(25)30)15-16-44(13,14)40-24-39(43(10,11)12)35-21-33-34(22-36(35)40)38(42(7,8)9)23-37(33)41(4,5)6/h17-24,38-39H,15-16H2,1-14H3. The van der Waals surface area contributed by atoms with E-state index in [1.165, 1.54) is 60.6 Å². The van der Waals surface area contributed by atoms with Crippen LogP contribution >= 0.6 is 0 Å². The Morgan fingerprint density at radius 3 is 1.57 bits per heavy atom. The average molecular weight is 585 g/mol. The molecule has 0 aliphatic heterocycles. The fourth-order valence-corrected chi connectivity index (χ4v) is 8.51. The zero-order valence-electron chi connectivity index (χ0n) is 30.2. The first-order valence-electron chi connectivity index (χ1n) is 17.1. The Morgan fingerprint density at radius 2 is 1.02 bits per heavy atom. The van der Waals surface area contributed by atoms with Gasteiger partial charge in [-0.2, -0.15) is 0 Å². The summed E-state index contributed by atoms with van der Waals surface area (Å²) in [6.45, 7) is 33.5. The van der Waals surface area contributed by atoms with E-state index in [4.69, 9.17) is 0 Å². The van der Waals surface area contributed by atoms with E-state index in [0.717, 1.165) is 12.8 Å². The monoisotopic (exact) mass is 584 g/mol. The van der Waals surface area contributed by atoms with Gasteiger partial charge in [-0.1, -0.05) is 100 Å². The van der Waals surface area contributed by atoms with E-state index in [-0.39, 0.29) is 21.7 Å². The van der Waals surface area contributed by atoms with E-state index in [1.807, 2.05) is 0 Å². The molecule has 0 spiro atoms. The van der Waals surface area contributed by atoms with Crippen molar-refractivity contribution in [3.05, 3.63) is 92.4 Å². The second-order valence-electron chi connectivity index (χ2n) is 18.3. The molecule has 0 heteroatoms. The molecule has 0 amide bonds. The number of rotatable bonds is 4. The van der Waals surface area contributed by atoms with Gasteiger partial charge in [-0.05, 0) is 157 Å². The van der Waals surface area contributed by atoms with Crippen molar-refractivity contribution in [2.75, 3.05) is 0 Å². The number of benzene rings is 2. The minimum absolute atomic E-state index is 0.0630. The molecule has 0 aromatic heterocycles. The van der Waals surface area contributed by atoms with Gasteiger partial charge in [0.15, 0.2) is 0 Å². The molecular formula is C44H56. The highest BCUT2D eigenvalue weighted by Gasteiger charge is 2.42. The van der Waals surface area contributed by atoms with Crippen LogP contribution in [-0.4, -0.2) is 0 Å². The highest BCUT2D eigenvalue weighted by molar-refractivity contribution is 5.89. The van der Waals surface area contributed by atoms with Crippen molar-refractivity contribution in [2.45, 2.75) is 122 Å². The van der Waals surface area contributed by atoms with Gasteiger partial charge in [-0.3, -0.25) is 0 Å². The van der Waals surface area contributed by atoms with Crippen molar-refractivity contribution in [3.8, 4) is 0 Å². The highest BCUT2D eigenvalue weighted by Crippen LogP contribution is 2.57. The van der Waals surface area contributed by atoms with Crippen LogP contribution in [0.3, 0.4) is 0 Å². The first kappa shape index (κ1) is 31.1. The van der Waals surface area contributed by atoms with Crippen molar-refractivity contribution in [3.63, 3.8) is 0 Å². The number of hydrogen-bond acceptors (Lipinski definition) is 0. The van der Waals surface area contributed by atoms with Gasteiger partial charge in [0.05, 0.1) is 0 Å². The second kappa shape index (κ2) is 9.82. The van der Waals surface area contributed by atoms with Crippen LogP contribution in [0.4, 0.5) is 0 Å². The fraction of sp³-hybridized carbons (Fsp3) is 0.500. The molecule has 232 valence electrons. The molecule has 6 rings (SSSR count). The number of fused-ring (bicyclic) bond motifs is 4. The zero-order valence-corrected chi connectivity index (χ0v) is 30.2. The molecule has 0 radical (unpaired) electrons. The van der Waals surface area contributed by atoms with Crippen LogP contribution in [0.15, 0.2) is 48.6 Å². The molecule has 2 atom stereocenters. The minimum atomic E-state index is 0.0630. The van der Waals surface area contributed by atoms with Crippen LogP contribution in [-0.2, 0) is 0 Å². The van der Waals surface area contributed by atoms with Crippen LogP contribution in [0.5, 0.6) is 0 Å². The highest BCUT2D eigenvalue weighted by atomic mass is 14.5. The lowest BCUT2D eigenvalue weighted by Gasteiger charge is -2.31. The maximum absolute atomic E-state index is 2.67. The number of allylic oxidation sites excluding steroid dienone is 8. The van der Waals surface area contributed by atoms with Gasteiger partial charge >= 0.3 is 0 Å². The molecule has 4 aliphatic carbocycles. The Hall–Kier alpha value is -2.86. The van der Waals surface area contributed by atoms with Gasteiger partial charge in [0.1, 0.15) is 0 Å². The molecule has 0 N–H and O–H groups in total. The fourth-order valence-electron chi connectivity index (χ4n) is 8.51. The van der Waals surface area contributed by atoms with Crippen molar-refractivity contribution < 1.29 is 0 Å². The quantitative estimate of drug-likeness (QED) is 0.335. The molecule has 0 heterocycles. The summed E-state index contributed by atoms with van der Waals surface area (Å²) >= 11 is 0. The van der Waals surface area contributed by atoms with Crippen molar-refractivity contribution in [1.82, 2.24) is 0 Å². The van der Waals surface area contributed by atoms with Crippen molar-refractivity contribution in [1.29, 1.82) is 0 Å². The Labute approximate surface area is 268 Å². The van der Waals surface area contributed by atoms with Crippen LogP contribution in [0.1, 0.15) is 155 Å². The van der Waals surface area contributed by atoms with E-state index in [1.54, 1.807) is 16.7 Å². The predicted octanol–water partition coefficient (Wildman–Crippen LogP) is 11.4. The van der Waals surface area contributed by atoms with Gasteiger partial charge in [0.2, 0.25) is 0 Å². The molecule has 0 fully saturated rings. The molecule has 2 unspecified atom stereocenters. The molecule has 0 saturated heterocycles. The van der Waals surface area contributed by atoms with Crippen LogP contribution in [0.25, 0.3) is 33.4 Å². The Bertz CT molecular complexity index is 1830. The molecule has 0 nitrogen and oxygen atoms in total. The molecule has 4 aliphatic rings. The summed E-state index contributed by atoms with van der Waals surface area (Å²) in [5, 5.41) is 2.88. The molecule has 0 saturated carbocycles. The molecule has 44 heavy (non-hydrogen) atoms. The first-order chi connectivity index (χ1) is 20.2. The summed E-state index contributed by atoms with van der Waals surface area (Å²) in [6.07, 6.45) is 12.3. The van der Waals surface area contributed by atoms with Crippen molar-refractivity contribution in [2.24, 2.45) is 21.7 Å². The largest absolute Gasteiger partial charge is 0.0721 e. The lowest BCUT2D eigenvalue weighted by molar-refractivity contribution is 0.366. The Balaban J connectivity index is 1.42. The predicted molar refractivity (Wildman–Crippen MR) is 195 cm³/mol. The summed E-state index contributed by atoms with van der Waals surface area (Å²) in [5.41, 5.74) is 18.3. The van der Waals surface area contributed by atoms with Crippen LogP contribution < -0.4 is 10.4 Å². The molecule has 0 bridgehead atoms. The van der Waals surface area contributed by atoms with Crippen molar-refractivity contribution >= 4 is 33.4 Å². The van der Waals surface area contributed by atoms with Crippen LogP contribution in [0.2, 0.25) is 0 Å². The smallest absolute Gasteiger partial charge is 0.00790 e. The molecule has 2 aromatic carbocycles. The lowest BCUT2D eigenvalue weighted by Crippen LogP contribution is -2.19. The van der Waals surface area contributed by atoms with Gasteiger partial charge in [0, 0.05) is 11.8 Å². The summed E-state index contributed by atoms with van der Waals surface area (Å²) in [7, 11) is 0. The normalized spacial score (nSPS) is 21.1. The summed E-state index contributed by atoms with van der Waals surface area (Å²) < 4.78 is 0. The van der Waals surface area contributed by atoms with E-state index >= 15 is 0 Å². The lowest BCUT2D eigenvalue weighted by atomic mass is 9.73. The van der Waals surface area contributed by atoms with Gasteiger partial charge < -0.3 is 0 Å². The summed E-state index contributed by atoms with van der Waals surface area (Å²) in [5.74, 6) is 0.861. The molecule has 2 aromatic rings. The second-order valence-corrected chi connectivity index (χ2v) is 18.3. The summed E-state index contributed by atoms with van der Waals surface area (Å²) in [6, 6.07) is 10.2. The van der Waals surface area contributed by atoms with E-state index in [0.29, 0.717) is 11.8 Å². The number of hydrogen-bond donors (Lipinski definition) is 0. The van der Waals surface area contributed by atoms with Gasteiger partial charge in [0.25, 0.3) is 0 Å². The first-order valence-corrected chi connectivity index (χ1v) is 17.1. The maximum atomic E-state index is 2.67. The third kappa shape index (κ3) is 4.96. The Morgan fingerprint density at radius 1 is 0.545 bits per heavy atom. The zero-order chi connectivity index (χ0) is 32.3. The van der Waals surface area contributed by atoms with E-state index < -0.39 is 0 Å². The van der Waals surface area contributed by atoms with E-state index in [2.05, 4.69) is 146 Å². The third-order valence-corrected chi connectivity index (χ3v) is 11.2. The Kier molecular flexibility index (Phi) is 6.95. The average Bonchev–Trinajstić information content (AvgIpc) is 3.61. The SMILES string of the molecule is CC1=CC(C)=c2cc3c(cc21)=C(CCC(C)(C)C1=CC(C(C)(C)C)c2cc4c(cc21)C(C(C)(C)C)C=C4C(C)(C)C)C=C3C. The molecular weight excluding hydrogens is 528 g/mol. The van der Waals surface area contributed by atoms with Crippen LogP contribution in [0, 0.1) is 21.7 Å². The topological polar surface area (TPSA) is 0 Å². The van der Waals surface area contributed by atoms with Gasteiger partial charge in [-0.15, -0.1) is 0 Å². The summed E-state index contributed by atoms with van der Waals surface area (Å²) in [4.78, 5) is 0. The minimum Gasteiger partial charge on any atom is -0.0721 e.